The lowest BCUT2D eigenvalue weighted by atomic mass is 10.1. The summed E-state index contributed by atoms with van der Waals surface area (Å²) >= 11 is 0. The van der Waals surface area contributed by atoms with E-state index in [1.165, 1.54) is 25.1 Å². The molecule has 0 aliphatic heterocycles. The minimum Gasteiger partial charge on any atom is -0.484 e. The van der Waals surface area contributed by atoms with Crippen molar-refractivity contribution in [2.75, 3.05) is 19.8 Å². The molecule has 0 saturated carbocycles. The Balaban J connectivity index is 2.71. The van der Waals surface area contributed by atoms with Crippen LogP contribution in [0.25, 0.3) is 0 Å². The molecule has 6 nitrogen and oxygen atoms in total. The Bertz CT molecular complexity index is 458. The van der Waals surface area contributed by atoms with Crippen molar-refractivity contribution in [2.45, 2.75) is 20.3 Å². The van der Waals surface area contributed by atoms with Gasteiger partial charge >= 0.3 is 5.69 Å². The third kappa shape index (κ3) is 4.67. The quantitative estimate of drug-likeness (QED) is 0.313. The van der Waals surface area contributed by atoms with Gasteiger partial charge < -0.3 is 9.47 Å². The van der Waals surface area contributed by atoms with Gasteiger partial charge in [0.1, 0.15) is 6.61 Å². The van der Waals surface area contributed by atoms with Crippen molar-refractivity contribution in [3.8, 4) is 5.75 Å². The second kappa shape index (κ2) is 7.48. The molecular weight excluding hydrogens is 250 g/mol. The average Bonchev–Trinajstić information content (AvgIpc) is 2.38. The molecule has 0 fully saturated rings. The maximum Gasteiger partial charge on any atom is 0.311 e. The molecule has 0 aliphatic carbocycles. The van der Waals surface area contributed by atoms with Crippen LogP contribution in [0.2, 0.25) is 0 Å². The highest BCUT2D eigenvalue weighted by Crippen LogP contribution is 2.28. The molecule has 1 rings (SSSR count). The van der Waals surface area contributed by atoms with Crippen LogP contribution < -0.4 is 4.74 Å². The Morgan fingerprint density at radius 3 is 2.63 bits per heavy atom. The number of hydrogen-bond acceptors (Lipinski definition) is 5. The molecule has 0 radical (unpaired) electrons. The molecule has 0 saturated heterocycles. The van der Waals surface area contributed by atoms with Crippen molar-refractivity contribution in [2.24, 2.45) is 0 Å². The zero-order chi connectivity index (χ0) is 14.3. The van der Waals surface area contributed by atoms with Gasteiger partial charge in [0.05, 0.1) is 11.5 Å². The first-order chi connectivity index (χ1) is 9.06. The maximum atomic E-state index is 11.2. The standard InChI is InChI=1S/C13H17NO5/c1-3-6-18-7-8-19-13-5-4-11(10(2)15)9-12(13)14(16)17/h4-5,9H,3,6-8H2,1-2H3. The van der Waals surface area contributed by atoms with Crippen LogP contribution >= 0.6 is 0 Å². The number of nitro benzene ring substituents is 1. The zero-order valence-electron chi connectivity index (χ0n) is 11.0. The first kappa shape index (κ1) is 15.1. The minimum absolute atomic E-state index is 0.148. The van der Waals surface area contributed by atoms with E-state index in [9.17, 15) is 14.9 Å². The summed E-state index contributed by atoms with van der Waals surface area (Å²) in [7, 11) is 0. The molecule has 0 N–H and O–H groups in total. The first-order valence-electron chi connectivity index (χ1n) is 6.06. The lowest BCUT2D eigenvalue weighted by Gasteiger charge is -2.07. The van der Waals surface area contributed by atoms with E-state index >= 15 is 0 Å². The summed E-state index contributed by atoms with van der Waals surface area (Å²) in [5.74, 6) is -0.0731. The van der Waals surface area contributed by atoms with Crippen molar-refractivity contribution >= 4 is 11.5 Å². The topological polar surface area (TPSA) is 78.7 Å². The van der Waals surface area contributed by atoms with E-state index in [1.54, 1.807) is 0 Å². The third-order valence-corrected chi connectivity index (χ3v) is 2.40. The molecule has 0 aliphatic rings. The average molecular weight is 267 g/mol. The van der Waals surface area contributed by atoms with Crippen molar-refractivity contribution in [1.82, 2.24) is 0 Å². The second-order valence-corrected chi connectivity index (χ2v) is 3.96. The fourth-order valence-corrected chi connectivity index (χ4v) is 1.46. The molecule has 0 bridgehead atoms. The number of nitro groups is 1. The Morgan fingerprint density at radius 1 is 1.32 bits per heavy atom. The van der Waals surface area contributed by atoms with Crippen LogP contribution in [0.15, 0.2) is 18.2 Å². The molecular formula is C13H17NO5. The summed E-state index contributed by atoms with van der Waals surface area (Å²) in [6, 6.07) is 4.18. The van der Waals surface area contributed by atoms with Crippen LogP contribution in [0.3, 0.4) is 0 Å². The summed E-state index contributed by atoms with van der Waals surface area (Å²) in [6.07, 6.45) is 0.910. The number of nitrogens with zero attached hydrogens (tertiary/aromatic N) is 1. The van der Waals surface area contributed by atoms with E-state index in [4.69, 9.17) is 9.47 Å². The van der Waals surface area contributed by atoms with Crippen molar-refractivity contribution in [3.05, 3.63) is 33.9 Å². The summed E-state index contributed by atoms with van der Waals surface area (Å²) in [6.45, 7) is 4.60. The molecule has 0 atom stereocenters. The summed E-state index contributed by atoms with van der Waals surface area (Å²) in [5, 5.41) is 10.9. The van der Waals surface area contributed by atoms with E-state index in [0.717, 1.165) is 6.42 Å². The normalized spacial score (nSPS) is 10.2. The van der Waals surface area contributed by atoms with Gasteiger partial charge in [-0.1, -0.05) is 6.92 Å². The number of hydrogen-bond donors (Lipinski definition) is 0. The summed E-state index contributed by atoms with van der Waals surface area (Å²) in [4.78, 5) is 21.5. The van der Waals surface area contributed by atoms with E-state index in [-0.39, 0.29) is 23.8 Å². The lowest BCUT2D eigenvalue weighted by Crippen LogP contribution is -2.08. The molecule has 6 heteroatoms. The highest BCUT2D eigenvalue weighted by Gasteiger charge is 2.17. The van der Waals surface area contributed by atoms with Crippen LogP contribution in [0, 0.1) is 10.1 Å². The Kier molecular flexibility index (Phi) is 5.95. The van der Waals surface area contributed by atoms with E-state index in [2.05, 4.69) is 0 Å². The predicted octanol–water partition coefficient (Wildman–Crippen LogP) is 2.60. The van der Waals surface area contributed by atoms with Gasteiger partial charge in [0, 0.05) is 18.2 Å². The summed E-state index contributed by atoms with van der Waals surface area (Å²) < 4.78 is 10.5. The van der Waals surface area contributed by atoms with Crippen molar-refractivity contribution < 1.29 is 19.2 Å². The molecule has 1 aromatic rings. The molecule has 0 amide bonds. The van der Waals surface area contributed by atoms with Crippen LogP contribution in [0.1, 0.15) is 30.6 Å². The van der Waals surface area contributed by atoms with Gasteiger partial charge in [0.25, 0.3) is 0 Å². The van der Waals surface area contributed by atoms with Gasteiger partial charge in [-0.05, 0) is 25.5 Å². The number of ether oxygens (including phenoxy) is 2. The molecule has 1 aromatic carbocycles. The van der Waals surface area contributed by atoms with E-state index in [1.807, 2.05) is 6.92 Å². The molecule has 104 valence electrons. The van der Waals surface area contributed by atoms with Crippen LogP contribution in [-0.2, 0) is 4.74 Å². The maximum absolute atomic E-state index is 11.2. The highest BCUT2D eigenvalue weighted by molar-refractivity contribution is 5.95. The zero-order valence-corrected chi connectivity index (χ0v) is 11.0. The predicted molar refractivity (Wildman–Crippen MR) is 69.7 cm³/mol. The minimum atomic E-state index is -0.561. The lowest BCUT2D eigenvalue weighted by molar-refractivity contribution is -0.385. The molecule has 0 heterocycles. The SMILES string of the molecule is CCCOCCOc1ccc(C(C)=O)cc1[N+](=O)[O-]. The summed E-state index contributed by atoms with van der Waals surface area (Å²) in [5.41, 5.74) is 0.0875. The smallest absolute Gasteiger partial charge is 0.311 e. The largest absolute Gasteiger partial charge is 0.484 e. The van der Waals surface area contributed by atoms with Gasteiger partial charge in [-0.15, -0.1) is 0 Å². The number of ketones is 1. The number of carbonyl (C=O) groups excluding carboxylic acids is 1. The number of Topliss-reactive ketones (excluding diaryl/α,β-unsaturated/α-hetero) is 1. The van der Waals surface area contributed by atoms with Gasteiger partial charge in [0.15, 0.2) is 11.5 Å². The third-order valence-electron chi connectivity index (χ3n) is 2.40. The molecule has 0 spiro atoms. The fourth-order valence-electron chi connectivity index (χ4n) is 1.46. The first-order valence-corrected chi connectivity index (χ1v) is 6.06. The van der Waals surface area contributed by atoms with Crippen molar-refractivity contribution in [3.63, 3.8) is 0 Å². The molecule has 0 unspecified atom stereocenters. The van der Waals surface area contributed by atoms with Gasteiger partial charge in [0.2, 0.25) is 0 Å². The van der Waals surface area contributed by atoms with E-state index < -0.39 is 4.92 Å². The van der Waals surface area contributed by atoms with Gasteiger partial charge in [-0.3, -0.25) is 14.9 Å². The Labute approximate surface area is 111 Å². The number of benzene rings is 1. The van der Waals surface area contributed by atoms with Crippen LogP contribution in [0.5, 0.6) is 5.75 Å². The molecule has 0 aromatic heterocycles. The molecule has 19 heavy (non-hydrogen) atoms. The van der Waals surface area contributed by atoms with Gasteiger partial charge in [-0.2, -0.15) is 0 Å². The monoisotopic (exact) mass is 267 g/mol. The van der Waals surface area contributed by atoms with Gasteiger partial charge in [-0.25, -0.2) is 0 Å². The Morgan fingerprint density at radius 2 is 2.05 bits per heavy atom. The number of rotatable bonds is 8. The number of carbonyl (C=O) groups is 1. The van der Waals surface area contributed by atoms with Crippen LogP contribution in [0.4, 0.5) is 5.69 Å². The fraction of sp³-hybridized carbons (Fsp3) is 0.462. The highest BCUT2D eigenvalue weighted by atomic mass is 16.6. The second-order valence-electron chi connectivity index (χ2n) is 3.96. The van der Waals surface area contributed by atoms with Crippen molar-refractivity contribution in [1.29, 1.82) is 0 Å². The Hall–Kier alpha value is -1.95. The van der Waals surface area contributed by atoms with Crippen LogP contribution in [-0.4, -0.2) is 30.5 Å². The van der Waals surface area contributed by atoms with E-state index in [0.29, 0.717) is 18.8 Å².